The van der Waals surface area contributed by atoms with E-state index in [0.29, 0.717) is 6.04 Å². The van der Waals surface area contributed by atoms with E-state index in [1.807, 2.05) is 11.8 Å². The molecule has 15 heavy (non-hydrogen) atoms. The molecule has 0 radical (unpaired) electrons. The molecule has 0 N–H and O–H groups in total. The Morgan fingerprint density at radius 2 is 2.40 bits per heavy atom. The molecule has 3 rings (SSSR count). The van der Waals surface area contributed by atoms with Crippen LogP contribution in [0.25, 0.3) is 11.0 Å². The van der Waals surface area contributed by atoms with E-state index < -0.39 is 0 Å². The Morgan fingerprint density at radius 1 is 1.47 bits per heavy atom. The quantitative estimate of drug-likeness (QED) is 0.753. The SMILES string of the molecule is Ic1ccc2c(c1)nnn2C1CCSC1. The van der Waals surface area contributed by atoms with Gasteiger partial charge in [0.15, 0.2) is 0 Å². The lowest BCUT2D eigenvalue weighted by atomic mass is 10.2. The summed E-state index contributed by atoms with van der Waals surface area (Å²) in [7, 11) is 0. The first kappa shape index (κ1) is 9.89. The van der Waals surface area contributed by atoms with Gasteiger partial charge in [-0.05, 0) is 53.0 Å². The molecule has 0 amide bonds. The van der Waals surface area contributed by atoms with Gasteiger partial charge in [-0.15, -0.1) is 5.10 Å². The Bertz CT molecular complexity index is 490. The molecule has 1 aromatic heterocycles. The van der Waals surface area contributed by atoms with Crippen LogP contribution in [0.4, 0.5) is 0 Å². The van der Waals surface area contributed by atoms with Gasteiger partial charge >= 0.3 is 0 Å². The zero-order chi connectivity index (χ0) is 10.3. The van der Waals surface area contributed by atoms with Gasteiger partial charge in [0.25, 0.3) is 0 Å². The highest BCUT2D eigenvalue weighted by atomic mass is 127. The van der Waals surface area contributed by atoms with Crippen molar-refractivity contribution >= 4 is 45.4 Å². The van der Waals surface area contributed by atoms with E-state index in [2.05, 4.69) is 55.8 Å². The first-order valence-corrected chi connectivity index (χ1v) is 7.16. The number of halogens is 1. The molecule has 1 saturated heterocycles. The Kier molecular flexibility index (Phi) is 2.59. The molecule has 2 heterocycles. The van der Waals surface area contributed by atoms with Crippen LogP contribution in [-0.2, 0) is 0 Å². The third kappa shape index (κ3) is 1.75. The fraction of sp³-hybridized carbons (Fsp3) is 0.400. The maximum absolute atomic E-state index is 4.27. The van der Waals surface area contributed by atoms with Gasteiger partial charge in [-0.3, -0.25) is 0 Å². The predicted octanol–water partition coefficient (Wildman–Crippen LogP) is 2.71. The molecule has 1 aliphatic heterocycles. The standard InChI is InChI=1S/C10H10IN3S/c11-7-1-2-10-9(5-7)12-13-14(10)8-3-4-15-6-8/h1-2,5,8H,3-4,6H2. The molecular formula is C10H10IN3S. The molecule has 5 heteroatoms. The number of hydrogen-bond donors (Lipinski definition) is 0. The van der Waals surface area contributed by atoms with Gasteiger partial charge in [0.05, 0.1) is 11.6 Å². The van der Waals surface area contributed by atoms with Crippen molar-refractivity contribution < 1.29 is 0 Å². The van der Waals surface area contributed by atoms with E-state index in [0.717, 1.165) is 5.52 Å². The summed E-state index contributed by atoms with van der Waals surface area (Å²) in [4.78, 5) is 0. The zero-order valence-electron chi connectivity index (χ0n) is 8.06. The highest BCUT2D eigenvalue weighted by Gasteiger charge is 2.20. The summed E-state index contributed by atoms with van der Waals surface area (Å²) in [5, 5.41) is 8.49. The number of thioether (sulfide) groups is 1. The van der Waals surface area contributed by atoms with Gasteiger partial charge in [0, 0.05) is 9.32 Å². The molecule has 1 fully saturated rings. The van der Waals surface area contributed by atoms with Crippen molar-refractivity contribution in [2.75, 3.05) is 11.5 Å². The van der Waals surface area contributed by atoms with Crippen LogP contribution in [0.5, 0.6) is 0 Å². The Hall–Kier alpha value is -0.300. The molecule has 2 aromatic rings. The van der Waals surface area contributed by atoms with Crippen molar-refractivity contribution in [3.05, 3.63) is 21.8 Å². The minimum absolute atomic E-state index is 0.542. The second kappa shape index (κ2) is 3.93. The molecule has 0 aliphatic carbocycles. The average Bonchev–Trinajstić information content (AvgIpc) is 2.82. The van der Waals surface area contributed by atoms with Crippen LogP contribution in [0.3, 0.4) is 0 Å². The van der Waals surface area contributed by atoms with Crippen molar-refractivity contribution in [1.29, 1.82) is 0 Å². The van der Waals surface area contributed by atoms with Gasteiger partial charge in [-0.1, -0.05) is 5.21 Å². The maximum atomic E-state index is 4.27. The highest BCUT2D eigenvalue weighted by molar-refractivity contribution is 14.1. The maximum Gasteiger partial charge on any atom is 0.114 e. The fourth-order valence-electron chi connectivity index (χ4n) is 1.90. The van der Waals surface area contributed by atoms with Crippen LogP contribution in [-0.4, -0.2) is 26.5 Å². The Morgan fingerprint density at radius 3 is 3.20 bits per heavy atom. The number of aromatic nitrogens is 3. The highest BCUT2D eigenvalue weighted by Crippen LogP contribution is 2.29. The molecule has 1 aromatic carbocycles. The van der Waals surface area contributed by atoms with Crippen molar-refractivity contribution in [3.63, 3.8) is 0 Å². The number of nitrogens with zero attached hydrogens (tertiary/aromatic N) is 3. The second-order valence-corrected chi connectivity index (χ2v) is 6.08. The molecular weight excluding hydrogens is 321 g/mol. The minimum atomic E-state index is 0.542. The number of fused-ring (bicyclic) bond motifs is 1. The summed E-state index contributed by atoms with van der Waals surface area (Å²) < 4.78 is 3.30. The number of benzene rings is 1. The summed E-state index contributed by atoms with van der Waals surface area (Å²) in [6.07, 6.45) is 1.22. The summed E-state index contributed by atoms with van der Waals surface area (Å²) in [6, 6.07) is 6.87. The molecule has 1 unspecified atom stereocenters. The Balaban J connectivity index is 2.11. The lowest BCUT2D eigenvalue weighted by Crippen LogP contribution is -2.09. The van der Waals surface area contributed by atoms with Gasteiger partial charge in [0.1, 0.15) is 5.52 Å². The van der Waals surface area contributed by atoms with Crippen LogP contribution in [0, 0.1) is 3.57 Å². The van der Waals surface area contributed by atoms with Gasteiger partial charge in [-0.2, -0.15) is 11.8 Å². The first-order chi connectivity index (χ1) is 7.34. The van der Waals surface area contributed by atoms with Crippen molar-refractivity contribution in [2.45, 2.75) is 12.5 Å². The monoisotopic (exact) mass is 331 g/mol. The number of hydrogen-bond acceptors (Lipinski definition) is 3. The minimum Gasteiger partial charge on any atom is -0.241 e. The van der Waals surface area contributed by atoms with E-state index in [1.165, 1.54) is 27.0 Å². The molecule has 0 spiro atoms. The summed E-state index contributed by atoms with van der Waals surface area (Å²) in [6.45, 7) is 0. The van der Waals surface area contributed by atoms with E-state index in [1.54, 1.807) is 0 Å². The fourth-order valence-corrected chi connectivity index (χ4v) is 3.56. The normalized spacial score (nSPS) is 21.3. The van der Waals surface area contributed by atoms with Crippen LogP contribution in [0.1, 0.15) is 12.5 Å². The third-order valence-electron chi connectivity index (χ3n) is 2.68. The predicted molar refractivity (Wildman–Crippen MR) is 71.2 cm³/mol. The van der Waals surface area contributed by atoms with Crippen LogP contribution in [0.15, 0.2) is 18.2 Å². The molecule has 1 atom stereocenters. The molecule has 0 bridgehead atoms. The lowest BCUT2D eigenvalue weighted by Gasteiger charge is -2.08. The zero-order valence-corrected chi connectivity index (χ0v) is 11.0. The van der Waals surface area contributed by atoms with Gasteiger partial charge in [0.2, 0.25) is 0 Å². The van der Waals surface area contributed by atoms with Crippen LogP contribution in [0.2, 0.25) is 0 Å². The van der Waals surface area contributed by atoms with E-state index >= 15 is 0 Å². The van der Waals surface area contributed by atoms with Gasteiger partial charge < -0.3 is 0 Å². The second-order valence-electron chi connectivity index (χ2n) is 3.68. The largest absolute Gasteiger partial charge is 0.241 e. The number of rotatable bonds is 1. The summed E-state index contributed by atoms with van der Waals surface area (Å²) >= 11 is 4.31. The summed E-state index contributed by atoms with van der Waals surface area (Å²) in [5.41, 5.74) is 2.18. The average molecular weight is 331 g/mol. The first-order valence-electron chi connectivity index (χ1n) is 4.93. The Labute approximate surface area is 106 Å². The molecule has 78 valence electrons. The van der Waals surface area contributed by atoms with Crippen molar-refractivity contribution in [2.24, 2.45) is 0 Å². The van der Waals surface area contributed by atoms with E-state index in [-0.39, 0.29) is 0 Å². The van der Waals surface area contributed by atoms with E-state index in [4.69, 9.17) is 0 Å². The molecule has 1 aliphatic rings. The summed E-state index contributed by atoms with van der Waals surface area (Å²) in [5.74, 6) is 2.42. The van der Waals surface area contributed by atoms with Crippen LogP contribution < -0.4 is 0 Å². The smallest absolute Gasteiger partial charge is 0.114 e. The molecule has 0 saturated carbocycles. The van der Waals surface area contributed by atoms with Crippen LogP contribution >= 0.6 is 34.4 Å². The van der Waals surface area contributed by atoms with Gasteiger partial charge in [-0.25, -0.2) is 4.68 Å². The topological polar surface area (TPSA) is 30.7 Å². The third-order valence-corrected chi connectivity index (χ3v) is 4.50. The van der Waals surface area contributed by atoms with E-state index in [9.17, 15) is 0 Å². The van der Waals surface area contributed by atoms with Crippen molar-refractivity contribution in [1.82, 2.24) is 15.0 Å². The lowest BCUT2D eigenvalue weighted by molar-refractivity contribution is 0.501. The molecule has 3 nitrogen and oxygen atoms in total. The van der Waals surface area contributed by atoms with Crippen molar-refractivity contribution in [3.8, 4) is 0 Å².